The van der Waals surface area contributed by atoms with E-state index in [9.17, 15) is 13.2 Å². The van der Waals surface area contributed by atoms with Crippen LogP contribution in [0.25, 0.3) is 10.2 Å². The maximum Gasteiger partial charge on any atom is 0.244 e. The van der Waals surface area contributed by atoms with Gasteiger partial charge >= 0.3 is 0 Å². The van der Waals surface area contributed by atoms with Crippen molar-refractivity contribution in [2.75, 3.05) is 19.0 Å². The summed E-state index contributed by atoms with van der Waals surface area (Å²) in [6.45, 7) is 4.52. The van der Waals surface area contributed by atoms with Gasteiger partial charge in [0.25, 0.3) is 0 Å². The number of anilines is 1. The Labute approximate surface area is 186 Å². The third-order valence-corrected chi connectivity index (χ3v) is 8.33. The van der Waals surface area contributed by atoms with E-state index in [1.54, 1.807) is 12.1 Å². The molecule has 1 aliphatic heterocycles. The second kappa shape index (κ2) is 8.57. The molecule has 1 atom stereocenters. The molecule has 0 radical (unpaired) electrons. The van der Waals surface area contributed by atoms with Crippen LogP contribution in [0.15, 0.2) is 47.4 Å². The highest BCUT2D eigenvalue weighted by Gasteiger charge is 2.39. The number of aromatic nitrogens is 1. The molecule has 164 valence electrons. The number of methoxy groups -OCH3 is 1. The van der Waals surface area contributed by atoms with E-state index < -0.39 is 16.1 Å². The van der Waals surface area contributed by atoms with E-state index >= 15 is 0 Å². The lowest BCUT2D eigenvalue weighted by atomic mass is 10.0. The van der Waals surface area contributed by atoms with E-state index in [4.69, 9.17) is 4.74 Å². The summed E-state index contributed by atoms with van der Waals surface area (Å²) in [5.74, 6) is 0.542. The van der Waals surface area contributed by atoms with Crippen molar-refractivity contribution in [2.45, 2.75) is 43.5 Å². The summed E-state index contributed by atoms with van der Waals surface area (Å²) in [6, 6.07) is 11.5. The predicted octanol–water partition coefficient (Wildman–Crippen LogP) is 4.22. The second-order valence-corrected chi connectivity index (χ2v) is 10.7. The molecule has 1 unspecified atom stereocenters. The van der Waals surface area contributed by atoms with E-state index in [1.807, 2.05) is 18.2 Å². The Bertz CT molecular complexity index is 1200. The summed E-state index contributed by atoms with van der Waals surface area (Å²) in [5, 5.41) is 3.34. The van der Waals surface area contributed by atoms with Crippen molar-refractivity contribution in [1.29, 1.82) is 0 Å². The van der Waals surface area contributed by atoms with Crippen molar-refractivity contribution in [3.8, 4) is 5.75 Å². The predicted molar refractivity (Wildman–Crippen MR) is 122 cm³/mol. The van der Waals surface area contributed by atoms with Crippen LogP contribution in [-0.2, 0) is 14.8 Å². The lowest BCUT2D eigenvalue weighted by Crippen LogP contribution is -2.43. The molecule has 1 fully saturated rings. The quantitative estimate of drug-likeness (QED) is 0.596. The number of carbonyl (C=O) groups is 1. The first-order chi connectivity index (χ1) is 14.8. The normalized spacial score (nSPS) is 17.4. The van der Waals surface area contributed by atoms with Gasteiger partial charge < -0.3 is 10.1 Å². The first kappa shape index (κ1) is 21.7. The van der Waals surface area contributed by atoms with Gasteiger partial charge in [-0.25, -0.2) is 13.4 Å². The molecular formula is C22H25N3O4S2. The highest BCUT2D eigenvalue weighted by atomic mass is 32.2. The Morgan fingerprint density at radius 3 is 2.65 bits per heavy atom. The van der Waals surface area contributed by atoms with Gasteiger partial charge in [-0.15, -0.1) is 0 Å². The molecule has 9 heteroatoms. The van der Waals surface area contributed by atoms with Crippen LogP contribution in [0.1, 0.15) is 38.2 Å². The van der Waals surface area contributed by atoms with Crippen molar-refractivity contribution < 1.29 is 17.9 Å². The van der Waals surface area contributed by atoms with Gasteiger partial charge in [0.15, 0.2) is 5.13 Å². The molecule has 1 N–H and O–H groups in total. The zero-order valence-corrected chi connectivity index (χ0v) is 19.3. The number of para-hydroxylation sites is 1. The Kier molecular flexibility index (Phi) is 6.00. The fraction of sp³-hybridized carbons (Fsp3) is 0.364. The van der Waals surface area contributed by atoms with E-state index in [0.717, 1.165) is 15.8 Å². The van der Waals surface area contributed by atoms with Crippen LogP contribution >= 0.6 is 11.3 Å². The van der Waals surface area contributed by atoms with Gasteiger partial charge in [0.05, 0.1) is 22.2 Å². The Morgan fingerprint density at radius 2 is 1.97 bits per heavy atom. The molecule has 1 aromatic heterocycles. The Balaban J connectivity index is 1.56. The van der Waals surface area contributed by atoms with Crippen molar-refractivity contribution in [2.24, 2.45) is 0 Å². The number of thiazole rings is 1. The molecule has 0 aliphatic carbocycles. The molecule has 0 spiro atoms. The largest absolute Gasteiger partial charge is 0.497 e. The monoisotopic (exact) mass is 459 g/mol. The van der Waals surface area contributed by atoms with E-state index in [1.165, 1.54) is 34.9 Å². The minimum Gasteiger partial charge on any atom is -0.497 e. The number of carbonyl (C=O) groups excluding carboxylic acids is 1. The first-order valence-electron chi connectivity index (χ1n) is 10.2. The van der Waals surface area contributed by atoms with Gasteiger partial charge in [-0.05, 0) is 54.7 Å². The SMILES string of the molecule is COc1ccc(S(=O)(=O)N2CCCC2C(=O)Nc2nc3c(C(C)C)cccc3s2)cc1. The number of hydrogen-bond donors (Lipinski definition) is 1. The van der Waals surface area contributed by atoms with Crippen LogP contribution in [0.3, 0.4) is 0 Å². The molecule has 0 saturated carbocycles. The summed E-state index contributed by atoms with van der Waals surface area (Å²) in [4.78, 5) is 17.8. The Morgan fingerprint density at radius 1 is 1.23 bits per heavy atom. The number of ether oxygens (including phenoxy) is 1. The minimum atomic E-state index is -3.79. The van der Waals surface area contributed by atoms with Gasteiger partial charge in [0.2, 0.25) is 15.9 Å². The van der Waals surface area contributed by atoms with Gasteiger partial charge in [-0.3, -0.25) is 4.79 Å². The van der Waals surface area contributed by atoms with E-state index in [0.29, 0.717) is 36.2 Å². The number of sulfonamides is 1. The van der Waals surface area contributed by atoms with Crippen molar-refractivity contribution in [3.05, 3.63) is 48.0 Å². The van der Waals surface area contributed by atoms with Crippen LogP contribution in [-0.4, -0.2) is 43.3 Å². The molecule has 1 saturated heterocycles. The lowest BCUT2D eigenvalue weighted by Gasteiger charge is -2.23. The number of hydrogen-bond acceptors (Lipinski definition) is 6. The summed E-state index contributed by atoms with van der Waals surface area (Å²) in [7, 11) is -2.27. The number of nitrogens with zero attached hydrogens (tertiary/aromatic N) is 2. The van der Waals surface area contributed by atoms with Crippen molar-refractivity contribution in [1.82, 2.24) is 9.29 Å². The first-order valence-corrected chi connectivity index (χ1v) is 12.4. The van der Waals surface area contributed by atoms with Crippen molar-refractivity contribution >= 4 is 42.6 Å². The molecule has 1 amide bonds. The molecule has 7 nitrogen and oxygen atoms in total. The highest BCUT2D eigenvalue weighted by Crippen LogP contribution is 2.33. The molecule has 0 bridgehead atoms. The topological polar surface area (TPSA) is 88.6 Å². The molecule has 2 aromatic carbocycles. The van der Waals surface area contributed by atoms with E-state index in [-0.39, 0.29) is 10.8 Å². The minimum absolute atomic E-state index is 0.148. The Hall–Kier alpha value is -2.49. The summed E-state index contributed by atoms with van der Waals surface area (Å²) < 4.78 is 33.7. The third-order valence-electron chi connectivity index (χ3n) is 5.47. The number of amides is 1. The van der Waals surface area contributed by atoms with Gasteiger partial charge in [0, 0.05) is 6.54 Å². The average Bonchev–Trinajstić information content (AvgIpc) is 3.40. The maximum absolute atomic E-state index is 13.2. The third kappa shape index (κ3) is 4.17. The second-order valence-electron chi connectivity index (χ2n) is 7.81. The van der Waals surface area contributed by atoms with Crippen molar-refractivity contribution in [3.63, 3.8) is 0 Å². The smallest absolute Gasteiger partial charge is 0.244 e. The number of rotatable bonds is 6. The van der Waals surface area contributed by atoms with E-state index in [2.05, 4.69) is 24.1 Å². The summed E-state index contributed by atoms with van der Waals surface area (Å²) >= 11 is 1.40. The van der Waals surface area contributed by atoms with Gasteiger partial charge in [0.1, 0.15) is 11.8 Å². The van der Waals surface area contributed by atoms with Crippen LogP contribution in [0, 0.1) is 0 Å². The average molecular weight is 460 g/mol. The molecular weight excluding hydrogens is 434 g/mol. The van der Waals surface area contributed by atoms with Crippen LogP contribution in [0.5, 0.6) is 5.75 Å². The molecule has 31 heavy (non-hydrogen) atoms. The fourth-order valence-electron chi connectivity index (χ4n) is 3.85. The number of fused-ring (bicyclic) bond motifs is 1. The zero-order chi connectivity index (χ0) is 22.2. The zero-order valence-electron chi connectivity index (χ0n) is 17.7. The van der Waals surface area contributed by atoms with Gasteiger partial charge in [-0.1, -0.05) is 37.3 Å². The summed E-state index contributed by atoms with van der Waals surface area (Å²) in [6.07, 6.45) is 1.11. The molecule has 4 rings (SSSR count). The van der Waals surface area contributed by atoms with Crippen LogP contribution in [0.4, 0.5) is 5.13 Å². The maximum atomic E-state index is 13.2. The highest BCUT2D eigenvalue weighted by molar-refractivity contribution is 7.89. The van der Waals surface area contributed by atoms with Gasteiger partial charge in [-0.2, -0.15) is 4.31 Å². The van der Waals surface area contributed by atoms with Crippen LogP contribution < -0.4 is 10.1 Å². The number of nitrogens with one attached hydrogen (secondary N) is 1. The number of benzene rings is 2. The molecule has 2 heterocycles. The standard InChI is InChI=1S/C22H25N3O4S2/c1-14(2)17-6-4-8-19-20(17)23-22(30-19)24-21(26)18-7-5-13-25(18)31(27,28)16-11-9-15(29-3)10-12-16/h4,6,8-12,14,18H,5,7,13H2,1-3H3,(H,23,24,26). The van der Waals surface area contributed by atoms with Crippen LogP contribution in [0.2, 0.25) is 0 Å². The lowest BCUT2D eigenvalue weighted by molar-refractivity contribution is -0.119. The molecule has 3 aromatic rings. The summed E-state index contributed by atoms with van der Waals surface area (Å²) in [5.41, 5.74) is 2.01. The molecule has 1 aliphatic rings. The fourth-order valence-corrected chi connectivity index (χ4v) is 6.41.